The second-order valence-electron chi connectivity index (χ2n) is 3.35. The van der Waals surface area contributed by atoms with Gasteiger partial charge in [0.15, 0.2) is 0 Å². The zero-order valence-electron chi connectivity index (χ0n) is 11.9. The van der Waals surface area contributed by atoms with Crippen LogP contribution in [-0.4, -0.2) is 80.7 Å². The second-order valence-corrected chi connectivity index (χ2v) is 6.80. The van der Waals surface area contributed by atoms with Crippen molar-refractivity contribution in [2.24, 2.45) is 11.5 Å². The van der Waals surface area contributed by atoms with Crippen LogP contribution < -0.4 is 11.5 Å². The van der Waals surface area contributed by atoms with Crippen LogP contribution in [0.4, 0.5) is 0 Å². The number of aliphatic carboxylic acids is 2. The van der Waals surface area contributed by atoms with Crippen LogP contribution in [0.5, 0.6) is 0 Å². The number of thiol groups is 2. The minimum Gasteiger partial charge on any atom is -0.480 e. The number of aliphatic hydroxyl groups is 2. The summed E-state index contributed by atoms with van der Waals surface area (Å²) in [6.07, 6.45) is 0. The van der Waals surface area contributed by atoms with Gasteiger partial charge in [0.05, 0.1) is 13.2 Å². The van der Waals surface area contributed by atoms with Gasteiger partial charge in [-0.2, -0.15) is 25.3 Å². The maximum atomic E-state index is 10.3. The predicted molar refractivity (Wildman–Crippen MR) is 98.0 cm³/mol. The number of nitrogens with two attached hydrogens (primary N) is 2. The van der Waals surface area contributed by atoms with E-state index in [9.17, 15) is 9.59 Å². The molecule has 8 nitrogen and oxygen atoms in total. The number of carboxylic acid groups (broad SMARTS) is 2. The fourth-order valence-corrected chi connectivity index (χ4v) is 2.61. The molecule has 0 aliphatic heterocycles. The molecule has 134 valence electrons. The van der Waals surface area contributed by atoms with Crippen molar-refractivity contribution in [3.05, 3.63) is 0 Å². The molecule has 0 bridgehead atoms. The molecule has 0 heterocycles. The van der Waals surface area contributed by atoms with Crippen molar-refractivity contribution < 1.29 is 30.0 Å². The number of rotatable bonds is 9. The van der Waals surface area contributed by atoms with Gasteiger partial charge in [-0.05, 0) is 0 Å². The van der Waals surface area contributed by atoms with E-state index < -0.39 is 24.0 Å². The lowest BCUT2D eigenvalue weighted by molar-refractivity contribution is -0.138. The predicted octanol–water partition coefficient (Wildman–Crippen LogP) is -0.991. The number of hydrogen-bond donors (Lipinski definition) is 8. The summed E-state index contributed by atoms with van der Waals surface area (Å²) in [7, 11) is 2.41. The highest BCUT2D eigenvalue weighted by molar-refractivity contribution is 8.76. The maximum Gasteiger partial charge on any atom is 0.321 e. The molecule has 0 aliphatic rings. The summed E-state index contributed by atoms with van der Waals surface area (Å²) in [6, 6.07) is -1.85. The third-order valence-electron chi connectivity index (χ3n) is 1.41. The van der Waals surface area contributed by atoms with E-state index in [-0.39, 0.29) is 24.7 Å². The topological polar surface area (TPSA) is 167 Å². The zero-order valence-corrected chi connectivity index (χ0v) is 15.3. The maximum absolute atomic E-state index is 10.3. The monoisotopic (exact) mass is 396 g/mol. The lowest BCUT2D eigenvalue weighted by Gasteiger charge is -2.07. The number of carboxylic acids is 2. The van der Waals surface area contributed by atoms with Gasteiger partial charge in [-0.3, -0.25) is 9.59 Å². The van der Waals surface area contributed by atoms with Crippen molar-refractivity contribution in [1.82, 2.24) is 0 Å². The van der Waals surface area contributed by atoms with Gasteiger partial charge < -0.3 is 31.9 Å². The van der Waals surface area contributed by atoms with Gasteiger partial charge in [0.25, 0.3) is 0 Å². The molecule has 0 spiro atoms. The molecule has 0 aromatic rings. The van der Waals surface area contributed by atoms with E-state index in [1.807, 2.05) is 0 Å². The Morgan fingerprint density at radius 3 is 1.23 bits per heavy atom. The molecule has 0 amide bonds. The van der Waals surface area contributed by atoms with Crippen LogP contribution in [0.2, 0.25) is 0 Å². The minimum absolute atomic E-state index is 0.184. The summed E-state index contributed by atoms with van der Waals surface area (Å²) in [5.41, 5.74) is 10.4. The molecule has 0 fully saturated rings. The molecule has 22 heavy (non-hydrogen) atoms. The first-order chi connectivity index (χ1) is 10.3. The van der Waals surface area contributed by atoms with Gasteiger partial charge in [-0.1, -0.05) is 21.6 Å². The highest BCUT2D eigenvalue weighted by Crippen LogP contribution is 2.22. The van der Waals surface area contributed by atoms with Crippen LogP contribution in [0, 0.1) is 0 Å². The Morgan fingerprint density at radius 1 is 0.864 bits per heavy atom. The second kappa shape index (κ2) is 21.2. The van der Waals surface area contributed by atoms with Gasteiger partial charge in [-0.25, -0.2) is 0 Å². The van der Waals surface area contributed by atoms with E-state index in [4.69, 9.17) is 31.9 Å². The van der Waals surface area contributed by atoms with Crippen LogP contribution in [-0.2, 0) is 9.59 Å². The van der Waals surface area contributed by atoms with Crippen LogP contribution in [0.15, 0.2) is 0 Å². The standard InChI is InChI=1S/C6H12N2O4S2.2C2H6OS/c7-3(5(9)10)1-13-14-2-4(8)6(11)12;2*3-1-2-4/h3-4H,1-2,7-8H2,(H,9,10)(H,11,12);2*3-4H,1-2H2. The minimum atomic E-state index is -1.07. The lowest BCUT2D eigenvalue weighted by atomic mass is 10.4. The van der Waals surface area contributed by atoms with Crippen molar-refractivity contribution in [2.45, 2.75) is 12.1 Å². The SMILES string of the molecule is NC(CSSCC(N)C(=O)O)C(=O)O.OCCS.OCCS. The van der Waals surface area contributed by atoms with Crippen molar-refractivity contribution in [1.29, 1.82) is 0 Å². The Kier molecular flexibility index (Phi) is 26.0. The lowest BCUT2D eigenvalue weighted by Crippen LogP contribution is -2.33. The Labute approximate surface area is 148 Å². The molecule has 0 rings (SSSR count). The molecule has 2 unspecified atom stereocenters. The highest BCUT2D eigenvalue weighted by atomic mass is 33.1. The van der Waals surface area contributed by atoms with E-state index in [0.29, 0.717) is 11.5 Å². The zero-order chi connectivity index (χ0) is 18.0. The number of hydrogen-bond acceptors (Lipinski definition) is 10. The first-order valence-corrected chi connectivity index (χ1v) is 9.68. The van der Waals surface area contributed by atoms with Gasteiger partial charge in [0.2, 0.25) is 0 Å². The highest BCUT2D eigenvalue weighted by Gasteiger charge is 2.14. The quantitative estimate of drug-likeness (QED) is 0.138. The third kappa shape index (κ3) is 25.2. The van der Waals surface area contributed by atoms with Crippen LogP contribution >= 0.6 is 46.8 Å². The molecule has 8 N–H and O–H groups in total. The molecule has 0 radical (unpaired) electrons. The molecule has 0 saturated carbocycles. The molecule has 0 aliphatic carbocycles. The van der Waals surface area contributed by atoms with E-state index >= 15 is 0 Å². The molecule has 0 saturated heterocycles. The summed E-state index contributed by atoms with van der Waals surface area (Å²) in [5, 5.41) is 32.4. The molecular weight excluding hydrogens is 372 g/mol. The number of aliphatic hydroxyl groups excluding tert-OH is 2. The molecule has 0 aromatic heterocycles. The van der Waals surface area contributed by atoms with E-state index in [0.717, 1.165) is 0 Å². The largest absolute Gasteiger partial charge is 0.480 e. The molecular formula is C10H24N2O6S4. The molecule has 2 atom stereocenters. The fraction of sp³-hybridized carbons (Fsp3) is 0.800. The van der Waals surface area contributed by atoms with Crippen LogP contribution in [0.3, 0.4) is 0 Å². The first-order valence-electron chi connectivity index (χ1n) is 5.92. The van der Waals surface area contributed by atoms with Gasteiger partial charge in [0.1, 0.15) is 12.1 Å². The Balaban J connectivity index is -0.000000372. The summed E-state index contributed by atoms with van der Waals surface area (Å²) in [6.45, 7) is 0.367. The normalized spacial score (nSPS) is 12.1. The summed E-state index contributed by atoms with van der Waals surface area (Å²) >= 11 is 7.34. The van der Waals surface area contributed by atoms with Crippen molar-refractivity contribution in [3.63, 3.8) is 0 Å². The first kappa shape index (κ1) is 27.0. The van der Waals surface area contributed by atoms with Crippen molar-refractivity contribution in [3.8, 4) is 0 Å². The Bertz CT molecular complexity index is 246. The van der Waals surface area contributed by atoms with E-state index in [1.165, 1.54) is 21.6 Å². The van der Waals surface area contributed by atoms with Crippen LogP contribution in [0.25, 0.3) is 0 Å². The van der Waals surface area contributed by atoms with Gasteiger partial charge in [0, 0.05) is 23.0 Å². The van der Waals surface area contributed by atoms with Crippen molar-refractivity contribution in [2.75, 3.05) is 36.2 Å². The Hall–Kier alpha value is 0.180. The summed E-state index contributed by atoms with van der Waals surface area (Å²) in [5.74, 6) is -0.542. The van der Waals surface area contributed by atoms with E-state index in [2.05, 4.69) is 25.3 Å². The van der Waals surface area contributed by atoms with Gasteiger partial charge in [-0.15, -0.1) is 0 Å². The Morgan fingerprint density at radius 2 is 1.09 bits per heavy atom. The molecule has 0 aromatic carbocycles. The molecule has 12 heteroatoms. The van der Waals surface area contributed by atoms with Crippen molar-refractivity contribution >= 4 is 58.8 Å². The van der Waals surface area contributed by atoms with Gasteiger partial charge >= 0.3 is 11.9 Å². The third-order valence-corrected chi connectivity index (χ3v) is 4.29. The average Bonchev–Trinajstić information content (AvgIpc) is 2.51. The fourth-order valence-electron chi connectivity index (χ4n) is 0.385. The summed E-state index contributed by atoms with van der Waals surface area (Å²) < 4.78 is 0. The number of carbonyl (C=O) groups is 2. The smallest absolute Gasteiger partial charge is 0.321 e. The average molecular weight is 397 g/mol. The van der Waals surface area contributed by atoms with E-state index in [1.54, 1.807) is 0 Å². The summed E-state index contributed by atoms with van der Waals surface area (Å²) in [4.78, 5) is 20.5. The van der Waals surface area contributed by atoms with Crippen LogP contribution in [0.1, 0.15) is 0 Å².